The number of hydrogen-bond acceptors (Lipinski definition) is 3. The number of carbonyl (C=O) groups is 1. The number of hydrogen-bond donors (Lipinski definition) is 2. The summed E-state index contributed by atoms with van der Waals surface area (Å²) in [7, 11) is 0. The Kier molecular flexibility index (Phi) is 4.99. The number of halogens is 1. The Labute approximate surface area is 113 Å². The normalized spacial score (nSPS) is 18.6. The molecule has 0 saturated heterocycles. The lowest BCUT2D eigenvalue weighted by Crippen LogP contribution is -2.45. The van der Waals surface area contributed by atoms with E-state index in [1.165, 1.54) is 0 Å². The van der Waals surface area contributed by atoms with Crippen molar-refractivity contribution in [1.82, 2.24) is 5.32 Å². The van der Waals surface area contributed by atoms with Gasteiger partial charge in [-0.15, -0.1) is 12.4 Å². The molecule has 1 aliphatic rings. The first kappa shape index (κ1) is 14.8. The number of carbonyl (C=O) groups excluding carboxylic acids is 1. The molecule has 4 nitrogen and oxygen atoms in total. The predicted octanol–water partition coefficient (Wildman–Crippen LogP) is 1.64. The van der Waals surface area contributed by atoms with Gasteiger partial charge in [-0.05, 0) is 12.0 Å². The van der Waals surface area contributed by atoms with Gasteiger partial charge in [-0.1, -0.05) is 32.0 Å². The zero-order chi connectivity index (χ0) is 12.4. The van der Waals surface area contributed by atoms with Gasteiger partial charge in [0.15, 0.2) is 0 Å². The molecule has 1 aromatic rings. The lowest BCUT2D eigenvalue weighted by molar-refractivity contribution is -0.124. The fourth-order valence-corrected chi connectivity index (χ4v) is 1.85. The second-order valence-corrected chi connectivity index (χ2v) is 4.68. The number of fused-ring (bicyclic) bond motifs is 1. The third-order valence-electron chi connectivity index (χ3n) is 3.04. The summed E-state index contributed by atoms with van der Waals surface area (Å²) in [6.07, 6.45) is 0. The first-order valence-corrected chi connectivity index (χ1v) is 5.87. The summed E-state index contributed by atoms with van der Waals surface area (Å²) in [4.78, 5) is 11.9. The quantitative estimate of drug-likeness (QED) is 0.878. The number of nitrogens with one attached hydrogen (secondary N) is 1. The Balaban J connectivity index is 0.00000162. The van der Waals surface area contributed by atoms with E-state index in [0.29, 0.717) is 6.61 Å². The number of benzene rings is 1. The average Bonchev–Trinajstić information content (AvgIpc) is 2.71. The lowest BCUT2D eigenvalue weighted by Gasteiger charge is -2.18. The zero-order valence-electron chi connectivity index (χ0n) is 10.6. The topological polar surface area (TPSA) is 64.4 Å². The third-order valence-corrected chi connectivity index (χ3v) is 3.04. The van der Waals surface area contributed by atoms with Crippen molar-refractivity contribution in [2.24, 2.45) is 11.7 Å². The summed E-state index contributed by atoms with van der Waals surface area (Å²) in [6, 6.07) is 7.18. The van der Waals surface area contributed by atoms with E-state index in [-0.39, 0.29) is 30.3 Å². The minimum absolute atomic E-state index is 0. The van der Waals surface area contributed by atoms with Crippen LogP contribution in [0.25, 0.3) is 0 Å². The molecule has 1 unspecified atom stereocenters. The van der Waals surface area contributed by atoms with Crippen molar-refractivity contribution in [1.29, 1.82) is 0 Å². The highest BCUT2D eigenvalue weighted by molar-refractivity contribution is 5.85. The second kappa shape index (κ2) is 6.07. The van der Waals surface area contributed by atoms with Gasteiger partial charge in [0, 0.05) is 5.56 Å². The van der Waals surface area contributed by atoms with E-state index >= 15 is 0 Å². The fraction of sp³-hybridized carbons (Fsp3) is 0.462. The molecule has 1 aliphatic heterocycles. The van der Waals surface area contributed by atoms with Gasteiger partial charge in [0.1, 0.15) is 12.4 Å². The molecule has 0 aliphatic carbocycles. The highest BCUT2D eigenvalue weighted by Gasteiger charge is 2.27. The predicted molar refractivity (Wildman–Crippen MR) is 72.9 cm³/mol. The molecule has 1 amide bonds. The van der Waals surface area contributed by atoms with Gasteiger partial charge < -0.3 is 15.8 Å². The smallest absolute Gasteiger partial charge is 0.237 e. The number of amides is 1. The highest BCUT2D eigenvalue weighted by Crippen LogP contribution is 2.31. The maximum Gasteiger partial charge on any atom is 0.237 e. The molecular formula is C13H19ClN2O2. The van der Waals surface area contributed by atoms with Crippen LogP contribution in [-0.4, -0.2) is 18.6 Å². The first-order valence-electron chi connectivity index (χ1n) is 5.87. The summed E-state index contributed by atoms with van der Waals surface area (Å²) < 4.78 is 5.50. The minimum Gasteiger partial charge on any atom is -0.491 e. The van der Waals surface area contributed by atoms with E-state index in [2.05, 4.69) is 5.32 Å². The molecule has 2 atom stereocenters. The molecule has 1 aromatic carbocycles. The standard InChI is InChI=1S/C13H18N2O2.ClH/c1-8(2)12(14)13(16)15-10-7-17-11-6-4-3-5-9(10)11;/h3-6,8,10,12H,7,14H2,1-2H3,(H,15,16);1H/t10?,12-;/m1./s1. The summed E-state index contributed by atoms with van der Waals surface area (Å²) >= 11 is 0. The van der Waals surface area contributed by atoms with Crippen molar-refractivity contribution >= 4 is 18.3 Å². The van der Waals surface area contributed by atoms with Crippen LogP contribution in [0.4, 0.5) is 0 Å². The molecule has 2 rings (SSSR count). The molecule has 18 heavy (non-hydrogen) atoms. The van der Waals surface area contributed by atoms with Gasteiger partial charge in [0.2, 0.25) is 5.91 Å². The third kappa shape index (κ3) is 2.94. The maximum atomic E-state index is 11.9. The van der Waals surface area contributed by atoms with Gasteiger partial charge in [0.05, 0.1) is 12.1 Å². The molecule has 0 bridgehead atoms. The Bertz CT molecular complexity index is 423. The molecule has 0 radical (unpaired) electrons. The van der Waals surface area contributed by atoms with Crippen LogP contribution in [0, 0.1) is 5.92 Å². The highest BCUT2D eigenvalue weighted by atomic mass is 35.5. The van der Waals surface area contributed by atoms with Gasteiger partial charge in [-0.25, -0.2) is 0 Å². The van der Waals surface area contributed by atoms with Crippen LogP contribution in [-0.2, 0) is 4.79 Å². The van der Waals surface area contributed by atoms with Crippen LogP contribution in [0.2, 0.25) is 0 Å². The van der Waals surface area contributed by atoms with Crippen molar-refractivity contribution < 1.29 is 9.53 Å². The molecular weight excluding hydrogens is 252 g/mol. The van der Waals surface area contributed by atoms with Crippen molar-refractivity contribution in [3.05, 3.63) is 29.8 Å². The van der Waals surface area contributed by atoms with Crippen LogP contribution in [0.1, 0.15) is 25.5 Å². The van der Waals surface area contributed by atoms with Crippen LogP contribution in [0.3, 0.4) is 0 Å². The summed E-state index contributed by atoms with van der Waals surface area (Å²) in [5.74, 6) is 0.855. The Hall–Kier alpha value is -1.26. The second-order valence-electron chi connectivity index (χ2n) is 4.68. The number of nitrogens with two attached hydrogens (primary N) is 1. The summed E-state index contributed by atoms with van der Waals surface area (Å²) in [6.45, 7) is 4.35. The molecule has 0 spiro atoms. The summed E-state index contributed by atoms with van der Waals surface area (Å²) in [5.41, 5.74) is 6.83. The van der Waals surface area contributed by atoms with E-state index < -0.39 is 6.04 Å². The van der Waals surface area contributed by atoms with Crippen molar-refractivity contribution in [2.45, 2.75) is 25.9 Å². The lowest BCUT2D eigenvalue weighted by atomic mass is 10.0. The van der Waals surface area contributed by atoms with Crippen LogP contribution in [0.15, 0.2) is 24.3 Å². The Morgan fingerprint density at radius 3 is 2.78 bits per heavy atom. The van der Waals surface area contributed by atoms with Crippen molar-refractivity contribution in [2.75, 3.05) is 6.61 Å². The summed E-state index contributed by atoms with van der Waals surface area (Å²) in [5, 5.41) is 2.93. The van der Waals surface area contributed by atoms with E-state index in [1.54, 1.807) is 0 Å². The van der Waals surface area contributed by atoms with E-state index in [4.69, 9.17) is 10.5 Å². The minimum atomic E-state index is -0.470. The largest absolute Gasteiger partial charge is 0.491 e. The monoisotopic (exact) mass is 270 g/mol. The molecule has 5 heteroatoms. The van der Waals surface area contributed by atoms with E-state index in [0.717, 1.165) is 11.3 Å². The Morgan fingerprint density at radius 2 is 2.11 bits per heavy atom. The SMILES string of the molecule is CC(C)[C@@H](N)C(=O)NC1COc2ccccc21.Cl. The molecule has 0 fully saturated rings. The van der Waals surface area contributed by atoms with Gasteiger partial charge in [0.25, 0.3) is 0 Å². The van der Waals surface area contributed by atoms with E-state index in [1.807, 2.05) is 38.1 Å². The molecule has 3 N–H and O–H groups in total. The fourth-order valence-electron chi connectivity index (χ4n) is 1.85. The van der Waals surface area contributed by atoms with Gasteiger partial charge >= 0.3 is 0 Å². The molecule has 0 saturated carbocycles. The van der Waals surface area contributed by atoms with Gasteiger partial charge in [-0.2, -0.15) is 0 Å². The maximum absolute atomic E-state index is 11.9. The molecule has 0 aromatic heterocycles. The van der Waals surface area contributed by atoms with Crippen LogP contribution in [0.5, 0.6) is 5.75 Å². The van der Waals surface area contributed by atoms with Crippen molar-refractivity contribution in [3.63, 3.8) is 0 Å². The zero-order valence-corrected chi connectivity index (χ0v) is 11.4. The number of rotatable bonds is 3. The Morgan fingerprint density at radius 1 is 1.44 bits per heavy atom. The number of ether oxygens (including phenoxy) is 1. The molecule has 1 heterocycles. The van der Waals surface area contributed by atoms with Crippen LogP contribution >= 0.6 is 12.4 Å². The van der Waals surface area contributed by atoms with Crippen LogP contribution < -0.4 is 15.8 Å². The van der Waals surface area contributed by atoms with Gasteiger partial charge in [-0.3, -0.25) is 4.79 Å². The number of para-hydroxylation sites is 1. The van der Waals surface area contributed by atoms with E-state index in [9.17, 15) is 4.79 Å². The van der Waals surface area contributed by atoms with Crippen molar-refractivity contribution in [3.8, 4) is 5.75 Å². The average molecular weight is 271 g/mol. The first-order chi connectivity index (χ1) is 8.09. The molecule has 100 valence electrons.